The highest BCUT2D eigenvalue weighted by Crippen LogP contribution is 2.29. The minimum atomic E-state index is -0.560. The van der Waals surface area contributed by atoms with Gasteiger partial charge in [-0.1, -0.05) is 26.0 Å². The van der Waals surface area contributed by atoms with Crippen molar-refractivity contribution in [2.45, 2.75) is 33.1 Å². The van der Waals surface area contributed by atoms with Crippen molar-refractivity contribution in [2.24, 2.45) is 5.41 Å². The van der Waals surface area contributed by atoms with E-state index in [1.165, 1.54) is 18.2 Å². The van der Waals surface area contributed by atoms with Gasteiger partial charge in [-0.25, -0.2) is 0 Å². The number of aliphatic hydroxyl groups excluding tert-OH is 1. The van der Waals surface area contributed by atoms with E-state index >= 15 is 0 Å². The highest BCUT2D eigenvalue weighted by atomic mass is 16.6. The Labute approximate surface area is 124 Å². The molecule has 21 heavy (non-hydrogen) atoms. The second kappa shape index (κ2) is 7.73. The molecule has 0 radical (unpaired) electrons. The Morgan fingerprint density at radius 3 is 2.48 bits per heavy atom. The first-order chi connectivity index (χ1) is 9.99. The zero-order valence-electron chi connectivity index (χ0n) is 12.5. The molecule has 0 bridgehead atoms. The lowest BCUT2D eigenvalue weighted by Gasteiger charge is -2.31. The molecule has 0 aliphatic rings. The maximum atomic E-state index is 12.2. The number of carbonyl (C=O) groups is 1. The second-order valence-corrected chi connectivity index (χ2v) is 5.14. The summed E-state index contributed by atoms with van der Waals surface area (Å²) in [6, 6.07) is 5.89. The topological polar surface area (TPSA) is 92.5 Å². The Balaban J connectivity index is 2.84. The number of benzene rings is 1. The van der Waals surface area contributed by atoms with Gasteiger partial charge in [-0.05, 0) is 30.7 Å². The van der Waals surface area contributed by atoms with Gasteiger partial charge >= 0.3 is 0 Å². The number of nitro groups is 1. The van der Waals surface area contributed by atoms with E-state index in [1.54, 1.807) is 6.07 Å². The fourth-order valence-electron chi connectivity index (χ4n) is 2.37. The summed E-state index contributed by atoms with van der Waals surface area (Å²) >= 11 is 0. The van der Waals surface area contributed by atoms with E-state index in [2.05, 4.69) is 5.32 Å². The van der Waals surface area contributed by atoms with Gasteiger partial charge in [-0.15, -0.1) is 0 Å². The average molecular weight is 294 g/mol. The fourth-order valence-corrected chi connectivity index (χ4v) is 2.37. The van der Waals surface area contributed by atoms with Crippen molar-refractivity contribution in [2.75, 3.05) is 13.2 Å². The molecule has 0 unspecified atom stereocenters. The molecule has 0 saturated carbocycles. The summed E-state index contributed by atoms with van der Waals surface area (Å²) in [5.41, 5.74) is -0.308. The van der Waals surface area contributed by atoms with Crippen LogP contribution in [0, 0.1) is 15.5 Å². The van der Waals surface area contributed by atoms with Gasteiger partial charge in [0.15, 0.2) is 0 Å². The molecule has 0 atom stereocenters. The van der Waals surface area contributed by atoms with E-state index < -0.39 is 10.8 Å². The van der Waals surface area contributed by atoms with Crippen LogP contribution in [0.25, 0.3) is 0 Å². The Hall–Kier alpha value is -1.95. The van der Waals surface area contributed by atoms with E-state index in [9.17, 15) is 14.9 Å². The normalized spacial score (nSPS) is 11.2. The molecule has 2 N–H and O–H groups in total. The van der Waals surface area contributed by atoms with Gasteiger partial charge in [0.1, 0.15) is 5.56 Å². The first-order valence-corrected chi connectivity index (χ1v) is 7.12. The Kier molecular flexibility index (Phi) is 6.30. The third kappa shape index (κ3) is 4.26. The van der Waals surface area contributed by atoms with E-state index in [1.807, 2.05) is 13.8 Å². The average Bonchev–Trinajstić information content (AvgIpc) is 2.51. The second-order valence-electron chi connectivity index (χ2n) is 5.14. The molecule has 6 heteroatoms. The predicted octanol–water partition coefficient (Wildman–Crippen LogP) is 2.51. The minimum absolute atomic E-state index is 0.0586. The van der Waals surface area contributed by atoms with Gasteiger partial charge < -0.3 is 10.4 Å². The highest BCUT2D eigenvalue weighted by Gasteiger charge is 2.27. The van der Waals surface area contributed by atoms with Crippen molar-refractivity contribution < 1.29 is 14.8 Å². The highest BCUT2D eigenvalue weighted by molar-refractivity contribution is 5.98. The quantitative estimate of drug-likeness (QED) is 0.569. The van der Waals surface area contributed by atoms with E-state index in [0.29, 0.717) is 13.0 Å². The number of para-hydroxylation sites is 1. The van der Waals surface area contributed by atoms with Crippen LogP contribution in [0.5, 0.6) is 0 Å². The number of rotatable bonds is 8. The molecule has 1 amide bonds. The van der Waals surface area contributed by atoms with Gasteiger partial charge in [-0.2, -0.15) is 0 Å². The first kappa shape index (κ1) is 17.1. The fraction of sp³-hybridized carbons (Fsp3) is 0.533. The van der Waals surface area contributed by atoms with Crippen LogP contribution >= 0.6 is 0 Å². The van der Waals surface area contributed by atoms with Crippen molar-refractivity contribution in [1.29, 1.82) is 0 Å². The number of nitro benzene ring substituents is 1. The minimum Gasteiger partial charge on any atom is -0.396 e. The first-order valence-electron chi connectivity index (χ1n) is 7.12. The largest absolute Gasteiger partial charge is 0.396 e. The van der Waals surface area contributed by atoms with Crippen LogP contribution in [0.3, 0.4) is 0 Å². The molecule has 6 nitrogen and oxygen atoms in total. The van der Waals surface area contributed by atoms with Crippen LogP contribution in [0.2, 0.25) is 0 Å². The van der Waals surface area contributed by atoms with E-state index in [4.69, 9.17) is 5.11 Å². The molecule has 0 aliphatic carbocycles. The molecule has 1 aromatic rings. The van der Waals surface area contributed by atoms with Crippen LogP contribution in [0.1, 0.15) is 43.5 Å². The lowest BCUT2D eigenvalue weighted by Crippen LogP contribution is -2.37. The Morgan fingerprint density at radius 2 is 1.95 bits per heavy atom. The van der Waals surface area contributed by atoms with Gasteiger partial charge in [0, 0.05) is 19.2 Å². The number of amides is 1. The van der Waals surface area contributed by atoms with Crippen LogP contribution < -0.4 is 5.32 Å². The van der Waals surface area contributed by atoms with Gasteiger partial charge in [-0.3, -0.25) is 14.9 Å². The monoisotopic (exact) mass is 294 g/mol. The number of hydrogen-bond donors (Lipinski definition) is 2. The lowest BCUT2D eigenvalue weighted by molar-refractivity contribution is -0.385. The van der Waals surface area contributed by atoms with E-state index in [0.717, 1.165) is 12.8 Å². The summed E-state index contributed by atoms with van der Waals surface area (Å²) in [4.78, 5) is 22.5. The molecule has 0 aliphatic heterocycles. The number of carbonyl (C=O) groups excluding carboxylic acids is 1. The lowest BCUT2D eigenvalue weighted by atomic mass is 9.79. The summed E-state index contributed by atoms with van der Waals surface area (Å²) in [6.45, 7) is 4.47. The van der Waals surface area contributed by atoms with Crippen molar-refractivity contribution in [3.63, 3.8) is 0 Å². The molecule has 116 valence electrons. The molecule has 1 aromatic carbocycles. The summed E-state index contributed by atoms with van der Waals surface area (Å²) in [5, 5.41) is 22.9. The van der Waals surface area contributed by atoms with Crippen molar-refractivity contribution in [1.82, 2.24) is 5.32 Å². The maximum Gasteiger partial charge on any atom is 0.282 e. The molecule has 0 saturated heterocycles. The summed E-state index contributed by atoms with van der Waals surface area (Å²) < 4.78 is 0. The molecule has 0 spiro atoms. The van der Waals surface area contributed by atoms with Crippen molar-refractivity contribution >= 4 is 11.6 Å². The Bertz CT molecular complexity index is 498. The molecule has 1 rings (SSSR count). The molecule has 0 heterocycles. The number of nitrogens with one attached hydrogen (secondary N) is 1. The van der Waals surface area contributed by atoms with Gasteiger partial charge in [0.2, 0.25) is 0 Å². The molecular weight excluding hydrogens is 272 g/mol. The molecular formula is C15H22N2O4. The zero-order valence-corrected chi connectivity index (χ0v) is 12.5. The SMILES string of the molecule is CCC(CC)(CCO)CNC(=O)c1ccccc1[N+](=O)[O-]. The Morgan fingerprint density at radius 1 is 1.33 bits per heavy atom. The summed E-state index contributed by atoms with van der Waals surface area (Å²) in [5.74, 6) is -0.452. The third-order valence-electron chi connectivity index (χ3n) is 4.11. The third-order valence-corrected chi connectivity index (χ3v) is 4.11. The standard InChI is InChI=1S/C15H22N2O4/c1-3-15(4-2,9-10-18)11-16-14(19)12-7-5-6-8-13(12)17(20)21/h5-8,18H,3-4,9-11H2,1-2H3,(H,16,19). The van der Waals surface area contributed by atoms with Gasteiger partial charge in [0.25, 0.3) is 11.6 Å². The smallest absolute Gasteiger partial charge is 0.282 e. The van der Waals surface area contributed by atoms with Crippen LogP contribution in [0.15, 0.2) is 24.3 Å². The summed E-state index contributed by atoms with van der Waals surface area (Å²) in [7, 11) is 0. The van der Waals surface area contributed by atoms with Crippen molar-refractivity contribution in [3.8, 4) is 0 Å². The molecule has 0 fully saturated rings. The maximum absolute atomic E-state index is 12.2. The summed E-state index contributed by atoms with van der Waals surface area (Å²) in [6.07, 6.45) is 2.24. The zero-order chi connectivity index (χ0) is 15.9. The number of nitrogens with zero attached hydrogens (tertiary/aromatic N) is 1. The van der Waals surface area contributed by atoms with Crippen LogP contribution in [0.4, 0.5) is 5.69 Å². The van der Waals surface area contributed by atoms with Crippen molar-refractivity contribution in [3.05, 3.63) is 39.9 Å². The van der Waals surface area contributed by atoms with Crippen LogP contribution in [-0.4, -0.2) is 29.1 Å². The predicted molar refractivity (Wildman–Crippen MR) is 80.1 cm³/mol. The van der Waals surface area contributed by atoms with Gasteiger partial charge in [0.05, 0.1) is 4.92 Å². The van der Waals surface area contributed by atoms with Crippen LogP contribution in [-0.2, 0) is 0 Å². The molecule has 0 aromatic heterocycles. The number of hydrogen-bond acceptors (Lipinski definition) is 4. The number of aliphatic hydroxyl groups is 1. The van der Waals surface area contributed by atoms with E-state index in [-0.39, 0.29) is 23.3 Å².